The highest BCUT2D eigenvalue weighted by molar-refractivity contribution is 7.15. The molecule has 0 radical (unpaired) electrons. The number of aryl methyl sites for hydroxylation is 3. The number of thiazole rings is 1. The second kappa shape index (κ2) is 3.71. The number of aromatic nitrogens is 2. The minimum absolute atomic E-state index is 0.340. The van der Waals surface area contributed by atoms with Gasteiger partial charge in [-0.1, -0.05) is 5.16 Å². The van der Waals surface area contributed by atoms with Crippen LogP contribution in [-0.4, -0.2) is 16.0 Å². The molecule has 1 amide bonds. The summed E-state index contributed by atoms with van der Waals surface area (Å²) in [6.45, 7) is 5.45. The predicted octanol–water partition coefficient (Wildman–Crippen LogP) is 1.82. The van der Waals surface area contributed by atoms with Gasteiger partial charge in [0.2, 0.25) is 0 Å². The van der Waals surface area contributed by atoms with E-state index in [4.69, 9.17) is 10.3 Å². The molecule has 0 saturated heterocycles. The highest BCUT2D eigenvalue weighted by Crippen LogP contribution is 2.33. The molecule has 0 spiro atoms. The van der Waals surface area contributed by atoms with Crippen LogP contribution in [0.3, 0.4) is 0 Å². The number of rotatable bonds is 2. The van der Waals surface area contributed by atoms with E-state index in [9.17, 15) is 4.79 Å². The molecule has 2 rings (SSSR count). The van der Waals surface area contributed by atoms with E-state index >= 15 is 0 Å². The SMILES string of the molecule is Cc1nc(C)c(-c2onc(C)c2C(N)=O)s1. The first-order valence-corrected chi connectivity index (χ1v) is 5.53. The van der Waals surface area contributed by atoms with Crippen LogP contribution >= 0.6 is 11.3 Å². The van der Waals surface area contributed by atoms with Gasteiger partial charge in [-0.2, -0.15) is 0 Å². The summed E-state index contributed by atoms with van der Waals surface area (Å²) in [7, 11) is 0. The van der Waals surface area contributed by atoms with Crippen molar-refractivity contribution in [2.45, 2.75) is 20.8 Å². The maximum Gasteiger partial charge on any atom is 0.254 e. The van der Waals surface area contributed by atoms with Crippen LogP contribution in [0.1, 0.15) is 26.8 Å². The van der Waals surface area contributed by atoms with E-state index in [0.717, 1.165) is 15.6 Å². The highest BCUT2D eigenvalue weighted by Gasteiger charge is 2.22. The fraction of sp³-hybridized carbons (Fsp3) is 0.300. The van der Waals surface area contributed by atoms with Crippen molar-refractivity contribution < 1.29 is 9.32 Å². The summed E-state index contributed by atoms with van der Waals surface area (Å²) in [6.07, 6.45) is 0. The Bertz CT molecular complexity index is 556. The third-order valence-corrected chi connectivity index (χ3v) is 3.29. The van der Waals surface area contributed by atoms with E-state index in [0.29, 0.717) is 17.0 Å². The molecule has 16 heavy (non-hydrogen) atoms. The second-order valence-electron chi connectivity index (χ2n) is 3.48. The summed E-state index contributed by atoms with van der Waals surface area (Å²) >= 11 is 1.46. The Hall–Kier alpha value is -1.69. The molecule has 0 aromatic carbocycles. The summed E-state index contributed by atoms with van der Waals surface area (Å²) in [5, 5.41) is 4.68. The van der Waals surface area contributed by atoms with Gasteiger partial charge in [0, 0.05) is 0 Å². The molecule has 2 aromatic rings. The Balaban J connectivity index is 2.65. The second-order valence-corrected chi connectivity index (χ2v) is 4.69. The topological polar surface area (TPSA) is 82.0 Å². The molecule has 0 unspecified atom stereocenters. The molecular formula is C10H11N3O2S. The van der Waals surface area contributed by atoms with Crippen LogP contribution < -0.4 is 5.73 Å². The summed E-state index contributed by atoms with van der Waals surface area (Å²) in [5.41, 5.74) is 6.97. The Morgan fingerprint density at radius 3 is 2.50 bits per heavy atom. The molecule has 6 heteroatoms. The third kappa shape index (κ3) is 1.61. The number of carbonyl (C=O) groups is 1. The fourth-order valence-electron chi connectivity index (χ4n) is 1.56. The molecule has 0 saturated carbocycles. The first kappa shape index (κ1) is 10.8. The van der Waals surface area contributed by atoms with Crippen LogP contribution in [0.5, 0.6) is 0 Å². The van der Waals surface area contributed by atoms with Crippen LogP contribution in [0, 0.1) is 20.8 Å². The van der Waals surface area contributed by atoms with Gasteiger partial charge < -0.3 is 10.3 Å². The zero-order valence-electron chi connectivity index (χ0n) is 9.20. The van der Waals surface area contributed by atoms with Gasteiger partial charge in [0.05, 0.1) is 21.3 Å². The molecule has 5 nitrogen and oxygen atoms in total. The average Bonchev–Trinajstić information content (AvgIpc) is 2.69. The van der Waals surface area contributed by atoms with Crippen molar-refractivity contribution in [3.8, 4) is 10.6 Å². The molecule has 0 aliphatic carbocycles. The van der Waals surface area contributed by atoms with Crippen molar-refractivity contribution >= 4 is 17.2 Å². The van der Waals surface area contributed by atoms with Crippen LogP contribution in [-0.2, 0) is 0 Å². The fourth-order valence-corrected chi connectivity index (χ4v) is 2.46. The van der Waals surface area contributed by atoms with E-state index in [1.807, 2.05) is 13.8 Å². The molecule has 0 aliphatic heterocycles. The molecule has 0 atom stereocenters. The van der Waals surface area contributed by atoms with Crippen molar-refractivity contribution in [1.82, 2.24) is 10.1 Å². The first-order valence-electron chi connectivity index (χ1n) is 4.71. The van der Waals surface area contributed by atoms with E-state index in [1.54, 1.807) is 6.92 Å². The number of amides is 1. The Morgan fingerprint density at radius 1 is 1.31 bits per heavy atom. The van der Waals surface area contributed by atoms with Gasteiger partial charge in [0.1, 0.15) is 5.56 Å². The minimum Gasteiger partial charge on any atom is -0.365 e. The maximum atomic E-state index is 11.3. The van der Waals surface area contributed by atoms with Gasteiger partial charge in [0.15, 0.2) is 5.76 Å². The van der Waals surface area contributed by atoms with Crippen LogP contribution in [0.4, 0.5) is 0 Å². The number of hydrogen-bond acceptors (Lipinski definition) is 5. The van der Waals surface area contributed by atoms with E-state index in [1.165, 1.54) is 11.3 Å². The van der Waals surface area contributed by atoms with Gasteiger partial charge in [-0.15, -0.1) is 11.3 Å². The lowest BCUT2D eigenvalue weighted by molar-refractivity contribution is 0.1000. The quantitative estimate of drug-likeness (QED) is 0.863. The molecular weight excluding hydrogens is 226 g/mol. The number of carbonyl (C=O) groups excluding carboxylic acids is 1. The lowest BCUT2D eigenvalue weighted by atomic mass is 10.1. The maximum absolute atomic E-state index is 11.3. The summed E-state index contributed by atoms with van der Waals surface area (Å²) in [6, 6.07) is 0. The molecule has 2 heterocycles. The highest BCUT2D eigenvalue weighted by atomic mass is 32.1. The van der Waals surface area contributed by atoms with Gasteiger partial charge in [-0.25, -0.2) is 4.98 Å². The van der Waals surface area contributed by atoms with E-state index in [-0.39, 0.29) is 0 Å². The minimum atomic E-state index is -0.529. The lowest BCUT2D eigenvalue weighted by Gasteiger charge is -1.95. The normalized spacial score (nSPS) is 10.7. The third-order valence-electron chi connectivity index (χ3n) is 2.22. The van der Waals surface area contributed by atoms with Crippen LogP contribution in [0.25, 0.3) is 10.6 Å². The molecule has 0 bridgehead atoms. The smallest absolute Gasteiger partial charge is 0.254 e. The molecule has 0 aliphatic rings. The monoisotopic (exact) mass is 237 g/mol. The van der Waals surface area contributed by atoms with Gasteiger partial charge in [-0.05, 0) is 20.8 Å². The largest absolute Gasteiger partial charge is 0.365 e. The predicted molar refractivity (Wildman–Crippen MR) is 60.3 cm³/mol. The number of nitrogens with two attached hydrogens (primary N) is 1. The number of hydrogen-bond donors (Lipinski definition) is 1. The van der Waals surface area contributed by atoms with E-state index in [2.05, 4.69) is 10.1 Å². The number of nitrogens with zero attached hydrogens (tertiary/aromatic N) is 2. The zero-order valence-corrected chi connectivity index (χ0v) is 10.0. The van der Waals surface area contributed by atoms with Crippen LogP contribution in [0.15, 0.2) is 4.52 Å². The summed E-state index contributed by atoms with van der Waals surface area (Å²) in [4.78, 5) is 16.4. The van der Waals surface area contributed by atoms with Gasteiger partial charge >= 0.3 is 0 Å². The molecule has 0 fully saturated rings. The van der Waals surface area contributed by atoms with Crippen molar-refractivity contribution in [2.24, 2.45) is 5.73 Å². The van der Waals surface area contributed by atoms with Crippen molar-refractivity contribution in [2.75, 3.05) is 0 Å². The van der Waals surface area contributed by atoms with Crippen molar-refractivity contribution in [3.63, 3.8) is 0 Å². The zero-order chi connectivity index (χ0) is 11.9. The van der Waals surface area contributed by atoms with Crippen LogP contribution in [0.2, 0.25) is 0 Å². The first-order chi connectivity index (χ1) is 7.50. The number of primary amides is 1. The average molecular weight is 237 g/mol. The van der Waals surface area contributed by atoms with Gasteiger partial charge in [0.25, 0.3) is 5.91 Å². The standard InChI is InChI=1S/C10H11N3O2S/c1-4-7(10(11)14)8(15-13-4)9-5(2)12-6(3)16-9/h1-3H3,(H2,11,14). The lowest BCUT2D eigenvalue weighted by Crippen LogP contribution is -2.12. The molecule has 84 valence electrons. The van der Waals surface area contributed by atoms with Crippen molar-refractivity contribution in [3.05, 3.63) is 22.0 Å². The van der Waals surface area contributed by atoms with E-state index < -0.39 is 5.91 Å². The van der Waals surface area contributed by atoms with Gasteiger partial charge in [-0.3, -0.25) is 4.79 Å². The van der Waals surface area contributed by atoms with Crippen molar-refractivity contribution in [1.29, 1.82) is 0 Å². The Labute approximate surface area is 96.3 Å². The molecule has 2 N–H and O–H groups in total. The summed E-state index contributed by atoms with van der Waals surface area (Å²) < 4.78 is 5.16. The Kier molecular flexibility index (Phi) is 2.51. The molecule has 2 aromatic heterocycles. The summed E-state index contributed by atoms with van der Waals surface area (Å²) in [5.74, 6) is -0.104. The Morgan fingerprint density at radius 2 is 2.00 bits per heavy atom.